The second-order valence-corrected chi connectivity index (χ2v) is 4.07. The van der Waals surface area contributed by atoms with E-state index in [-0.39, 0.29) is 5.97 Å². The van der Waals surface area contributed by atoms with E-state index < -0.39 is 0 Å². The predicted octanol–water partition coefficient (Wildman–Crippen LogP) is 2.29. The van der Waals surface area contributed by atoms with Crippen molar-refractivity contribution in [2.45, 2.75) is 6.54 Å². The molecule has 2 rings (SSSR count). The normalized spacial score (nSPS) is 13.2. The van der Waals surface area contributed by atoms with Gasteiger partial charge in [-0.3, -0.25) is 0 Å². The van der Waals surface area contributed by atoms with Gasteiger partial charge in [0.15, 0.2) is 0 Å². The summed E-state index contributed by atoms with van der Waals surface area (Å²) in [6, 6.07) is 5.87. The zero-order chi connectivity index (χ0) is 12.4. The van der Waals surface area contributed by atoms with E-state index in [1.807, 2.05) is 37.5 Å². The highest BCUT2D eigenvalue weighted by Crippen LogP contribution is 2.27. The highest BCUT2D eigenvalue weighted by Gasteiger charge is 2.17. The molecule has 3 nitrogen and oxygen atoms in total. The molecule has 0 fully saturated rings. The first-order valence-electron chi connectivity index (χ1n) is 5.41. The van der Waals surface area contributed by atoms with Crippen LogP contribution in [-0.4, -0.2) is 25.0 Å². The van der Waals surface area contributed by atoms with Crippen molar-refractivity contribution >= 4 is 17.6 Å². The Morgan fingerprint density at radius 1 is 1.47 bits per heavy atom. The Labute approximate surface area is 101 Å². The smallest absolute Gasteiger partial charge is 0.337 e. The third kappa shape index (κ3) is 2.09. The Morgan fingerprint density at radius 2 is 2.24 bits per heavy atom. The van der Waals surface area contributed by atoms with E-state index in [1.54, 1.807) is 0 Å². The number of ether oxygens (including phenoxy) is 1. The number of methoxy groups -OCH3 is 1. The van der Waals surface area contributed by atoms with Crippen LogP contribution in [0.3, 0.4) is 0 Å². The van der Waals surface area contributed by atoms with Gasteiger partial charge in [0.25, 0.3) is 0 Å². The Kier molecular flexibility index (Phi) is 3.00. The van der Waals surface area contributed by atoms with Crippen LogP contribution < -0.4 is 0 Å². The summed E-state index contributed by atoms with van der Waals surface area (Å²) in [5.74, 6) is -0.379. The summed E-state index contributed by atoms with van der Waals surface area (Å²) in [6.07, 6.45) is 4.06. The summed E-state index contributed by atoms with van der Waals surface area (Å²) in [5, 5.41) is 0. The van der Waals surface area contributed by atoms with E-state index in [2.05, 4.69) is 11.5 Å². The lowest BCUT2D eigenvalue weighted by atomic mass is 9.94. The average molecular weight is 229 g/mol. The number of carbonyl (C=O) groups is 1. The molecular formula is C14H15NO2. The molecule has 1 aromatic rings. The molecule has 0 spiro atoms. The van der Waals surface area contributed by atoms with Gasteiger partial charge in [-0.1, -0.05) is 24.8 Å². The van der Waals surface area contributed by atoms with Gasteiger partial charge in [0, 0.05) is 13.6 Å². The van der Waals surface area contributed by atoms with Crippen LogP contribution in [0.2, 0.25) is 0 Å². The third-order valence-electron chi connectivity index (χ3n) is 2.89. The van der Waals surface area contributed by atoms with Crippen LogP contribution in [0, 0.1) is 0 Å². The zero-order valence-corrected chi connectivity index (χ0v) is 10.1. The van der Waals surface area contributed by atoms with Crippen LogP contribution in [0.4, 0.5) is 0 Å². The van der Waals surface area contributed by atoms with E-state index in [0.29, 0.717) is 5.57 Å². The van der Waals surface area contributed by atoms with Crippen molar-refractivity contribution < 1.29 is 9.53 Å². The van der Waals surface area contributed by atoms with Crippen molar-refractivity contribution in [3.63, 3.8) is 0 Å². The third-order valence-corrected chi connectivity index (χ3v) is 2.89. The van der Waals surface area contributed by atoms with E-state index in [1.165, 1.54) is 7.11 Å². The molecule has 1 aliphatic heterocycles. The van der Waals surface area contributed by atoms with Crippen molar-refractivity contribution in [3.05, 3.63) is 47.7 Å². The predicted molar refractivity (Wildman–Crippen MR) is 68.0 cm³/mol. The number of hydrogen-bond donors (Lipinski definition) is 0. The largest absolute Gasteiger partial charge is 0.465 e. The molecule has 0 unspecified atom stereocenters. The van der Waals surface area contributed by atoms with Crippen molar-refractivity contribution in [2.24, 2.45) is 0 Å². The lowest BCUT2D eigenvalue weighted by Crippen LogP contribution is -2.17. The molecule has 0 saturated carbocycles. The van der Waals surface area contributed by atoms with Gasteiger partial charge in [0.2, 0.25) is 0 Å². The van der Waals surface area contributed by atoms with Gasteiger partial charge in [-0.05, 0) is 29.0 Å². The second-order valence-electron chi connectivity index (χ2n) is 4.07. The molecule has 3 heteroatoms. The van der Waals surface area contributed by atoms with Crippen LogP contribution in [0.5, 0.6) is 0 Å². The van der Waals surface area contributed by atoms with Gasteiger partial charge < -0.3 is 9.64 Å². The molecule has 1 aromatic carbocycles. The standard InChI is InChI=1S/C14H15NO2/c1-10(14(16)17-3)12-6-4-5-11-7-8-15(2)9-13(11)12/h4-8H,1,9H2,2-3H3. The van der Waals surface area contributed by atoms with Gasteiger partial charge in [-0.2, -0.15) is 0 Å². The second kappa shape index (κ2) is 4.45. The fraction of sp³-hybridized carbons (Fsp3) is 0.214. The first-order valence-corrected chi connectivity index (χ1v) is 5.41. The van der Waals surface area contributed by atoms with E-state index in [9.17, 15) is 4.79 Å². The fourth-order valence-electron chi connectivity index (χ4n) is 1.96. The van der Waals surface area contributed by atoms with E-state index in [4.69, 9.17) is 4.74 Å². The molecule has 0 N–H and O–H groups in total. The summed E-state index contributed by atoms with van der Waals surface area (Å²) >= 11 is 0. The number of esters is 1. The maximum atomic E-state index is 11.5. The fourth-order valence-corrected chi connectivity index (χ4v) is 1.96. The lowest BCUT2D eigenvalue weighted by Gasteiger charge is -2.23. The molecule has 0 aromatic heterocycles. The van der Waals surface area contributed by atoms with Gasteiger partial charge in [-0.25, -0.2) is 4.79 Å². The minimum absolute atomic E-state index is 0.379. The van der Waals surface area contributed by atoms with Gasteiger partial charge in [0.05, 0.1) is 12.7 Å². The van der Waals surface area contributed by atoms with Crippen LogP contribution in [0.15, 0.2) is 31.0 Å². The molecule has 0 saturated heterocycles. The molecule has 0 amide bonds. The lowest BCUT2D eigenvalue weighted by molar-refractivity contribution is -0.133. The molecule has 0 radical (unpaired) electrons. The quantitative estimate of drug-likeness (QED) is 0.575. The minimum Gasteiger partial charge on any atom is -0.465 e. The van der Waals surface area contributed by atoms with Gasteiger partial charge in [0.1, 0.15) is 0 Å². The number of nitrogens with zero attached hydrogens (tertiary/aromatic N) is 1. The summed E-state index contributed by atoms with van der Waals surface area (Å²) in [5.41, 5.74) is 3.53. The Hall–Kier alpha value is -2.03. The summed E-state index contributed by atoms with van der Waals surface area (Å²) < 4.78 is 4.71. The number of fused-ring (bicyclic) bond motifs is 1. The Balaban J connectivity index is 2.46. The molecule has 1 heterocycles. The first-order chi connectivity index (χ1) is 8.13. The zero-order valence-electron chi connectivity index (χ0n) is 10.1. The van der Waals surface area contributed by atoms with Crippen molar-refractivity contribution in [1.82, 2.24) is 4.90 Å². The Bertz CT molecular complexity index is 503. The summed E-state index contributed by atoms with van der Waals surface area (Å²) in [6.45, 7) is 4.59. The highest BCUT2D eigenvalue weighted by molar-refractivity contribution is 6.16. The summed E-state index contributed by atoms with van der Waals surface area (Å²) in [4.78, 5) is 13.6. The minimum atomic E-state index is -0.379. The SMILES string of the molecule is C=C(C(=O)OC)c1cccc2c1CN(C)C=C2. The number of carbonyl (C=O) groups excluding carboxylic acids is 1. The molecule has 1 aliphatic rings. The van der Waals surface area contributed by atoms with Crippen LogP contribution in [-0.2, 0) is 16.1 Å². The molecule has 88 valence electrons. The van der Waals surface area contributed by atoms with Crippen molar-refractivity contribution in [2.75, 3.05) is 14.2 Å². The molecular weight excluding hydrogens is 214 g/mol. The maximum absolute atomic E-state index is 11.5. The van der Waals surface area contributed by atoms with Crippen LogP contribution in [0.1, 0.15) is 16.7 Å². The van der Waals surface area contributed by atoms with Gasteiger partial charge >= 0.3 is 5.97 Å². The highest BCUT2D eigenvalue weighted by atomic mass is 16.5. The van der Waals surface area contributed by atoms with Crippen LogP contribution in [0.25, 0.3) is 11.6 Å². The monoisotopic (exact) mass is 229 g/mol. The van der Waals surface area contributed by atoms with E-state index >= 15 is 0 Å². The van der Waals surface area contributed by atoms with Crippen LogP contribution >= 0.6 is 0 Å². The first kappa shape index (κ1) is 11.5. The number of benzene rings is 1. The number of hydrogen-bond acceptors (Lipinski definition) is 3. The summed E-state index contributed by atoms with van der Waals surface area (Å²) in [7, 11) is 3.37. The molecule has 0 bridgehead atoms. The maximum Gasteiger partial charge on any atom is 0.337 e. The number of rotatable bonds is 2. The molecule has 0 atom stereocenters. The molecule has 17 heavy (non-hydrogen) atoms. The van der Waals surface area contributed by atoms with Crippen molar-refractivity contribution in [3.8, 4) is 0 Å². The van der Waals surface area contributed by atoms with Gasteiger partial charge in [-0.15, -0.1) is 0 Å². The topological polar surface area (TPSA) is 29.5 Å². The average Bonchev–Trinajstić information content (AvgIpc) is 2.36. The Morgan fingerprint density at radius 3 is 2.94 bits per heavy atom. The van der Waals surface area contributed by atoms with Crippen molar-refractivity contribution in [1.29, 1.82) is 0 Å². The van der Waals surface area contributed by atoms with E-state index in [0.717, 1.165) is 23.2 Å². The molecule has 0 aliphatic carbocycles.